The molecular formula is C13H15NO. The molecule has 1 aromatic rings. The number of benzene rings is 1. The summed E-state index contributed by atoms with van der Waals surface area (Å²) in [6.07, 6.45) is 4.08. The molecule has 2 nitrogen and oxygen atoms in total. The van der Waals surface area contributed by atoms with E-state index in [2.05, 4.69) is 29.7 Å². The van der Waals surface area contributed by atoms with Gasteiger partial charge in [-0.05, 0) is 31.2 Å². The average molecular weight is 201 g/mol. The molecule has 0 aromatic heterocycles. The lowest BCUT2D eigenvalue weighted by Crippen LogP contribution is -2.17. The highest BCUT2D eigenvalue weighted by Gasteiger charge is 2.12. The molecule has 0 fully saturated rings. The van der Waals surface area contributed by atoms with Gasteiger partial charge in [-0.1, -0.05) is 12.7 Å². The summed E-state index contributed by atoms with van der Waals surface area (Å²) < 4.78 is 5.46. The van der Waals surface area contributed by atoms with Crippen molar-refractivity contribution in [1.82, 2.24) is 0 Å². The Kier molecular flexibility index (Phi) is 2.50. The highest BCUT2D eigenvalue weighted by Crippen LogP contribution is 2.31. The Bertz CT molecular complexity index is 421. The van der Waals surface area contributed by atoms with Crippen LogP contribution in [-0.4, -0.2) is 13.7 Å². The molecule has 0 bridgehead atoms. The van der Waals surface area contributed by atoms with Crippen molar-refractivity contribution in [2.45, 2.75) is 6.92 Å². The highest BCUT2D eigenvalue weighted by atomic mass is 16.5. The van der Waals surface area contributed by atoms with Crippen LogP contribution < -0.4 is 9.64 Å². The van der Waals surface area contributed by atoms with Crippen LogP contribution in [0.15, 0.2) is 36.6 Å². The van der Waals surface area contributed by atoms with Gasteiger partial charge in [0.2, 0.25) is 0 Å². The van der Waals surface area contributed by atoms with Gasteiger partial charge in [0, 0.05) is 24.0 Å². The Balaban J connectivity index is 2.40. The lowest BCUT2D eigenvalue weighted by molar-refractivity contribution is 0.340. The maximum Gasteiger partial charge on any atom is 0.120 e. The van der Waals surface area contributed by atoms with E-state index in [0.717, 1.165) is 11.4 Å². The van der Waals surface area contributed by atoms with Gasteiger partial charge in [-0.15, -0.1) is 0 Å². The fraction of sp³-hybridized carbons (Fsp3) is 0.231. The van der Waals surface area contributed by atoms with Crippen LogP contribution in [0.3, 0.4) is 0 Å². The third-order valence-electron chi connectivity index (χ3n) is 2.56. The Morgan fingerprint density at radius 1 is 1.33 bits per heavy atom. The van der Waals surface area contributed by atoms with Crippen molar-refractivity contribution >= 4 is 11.8 Å². The second-order valence-electron chi connectivity index (χ2n) is 3.54. The number of hydrogen-bond donors (Lipinski definition) is 0. The lowest BCUT2D eigenvalue weighted by Gasteiger charge is -2.25. The van der Waals surface area contributed by atoms with Crippen molar-refractivity contribution in [1.29, 1.82) is 0 Å². The maximum atomic E-state index is 5.46. The van der Waals surface area contributed by atoms with Gasteiger partial charge in [-0.3, -0.25) is 0 Å². The van der Waals surface area contributed by atoms with E-state index in [9.17, 15) is 0 Å². The molecule has 0 spiro atoms. The monoisotopic (exact) mass is 201 g/mol. The maximum absolute atomic E-state index is 5.46. The summed E-state index contributed by atoms with van der Waals surface area (Å²) in [5.41, 5.74) is 3.36. The Hall–Kier alpha value is -1.70. The third kappa shape index (κ3) is 1.75. The molecule has 0 atom stereocenters. The summed E-state index contributed by atoms with van der Waals surface area (Å²) in [6, 6.07) is 6.11. The third-order valence-corrected chi connectivity index (χ3v) is 2.56. The van der Waals surface area contributed by atoms with E-state index in [-0.39, 0.29) is 0 Å². The van der Waals surface area contributed by atoms with Crippen LogP contribution in [0, 0.1) is 0 Å². The van der Waals surface area contributed by atoms with Crippen LogP contribution in [0.1, 0.15) is 12.5 Å². The molecule has 0 amide bonds. The van der Waals surface area contributed by atoms with Gasteiger partial charge in [0.15, 0.2) is 0 Å². The molecule has 2 heteroatoms. The van der Waals surface area contributed by atoms with Crippen molar-refractivity contribution in [2.75, 3.05) is 18.6 Å². The number of nitrogens with zero attached hydrogens (tertiary/aromatic N) is 1. The molecule has 1 heterocycles. The van der Waals surface area contributed by atoms with Crippen LogP contribution in [-0.2, 0) is 0 Å². The molecule has 0 radical (unpaired) electrons. The second-order valence-corrected chi connectivity index (χ2v) is 3.54. The van der Waals surface area contributed by atoms with Crippen molar-refractivity contribution < 1.29 is 4.74 Å². The van der Waals surface area contributed by atoms with Crippen molar-refractivity contribution in [2.24, 2.45) is 0 Å². The molecule has 1 aliphatic heterocycles. The van der Waals surface area contributed by atoms with Crippen molar-refractivity contribution in [3.05, 3.63) is 42.1 Å². The quantitative estimate of drug-likeness (QED) is 0.729. The van der Waals surface area contributed by atoms with E-state index in [0.29, 0.717) is 6.61 Å². The van der Waals surface area contributed by atoms with Crippen molar-refractivity contribution in [3.8, 4) is 5.75 Å². The topological polar surface area (TPSA) is 12.5 Å². The number of hydrogen-bond acceptors (Lipinski definition) is 2. The Labute approximate surface area is 90.5 Å². The summed E-state index contributed by atoms with van der Waals surface area (Å²) in [5.74, 6) is 0.918. The number of fused-ring (bicyclic) bond motifs is 1. The average Bonchev–Trinajstić information content (AvgIpc) is 2.24. The molecule has 0 saturated heterocycles. The van der Waals surface area contributed by atoms with Crippen LogP contribution >= 0.6 is 0 Å². The number of likely N-dealkylation sites (N-methyl/N-ethyl adjacent to an activating group) is 1. The van der Waals surface area contributed by atoms with E-state index < -0.39 is 0 Å². The van der Waals surface area contributed by atoms with Crippen LogP contribution in [0.25, 0.3) is 6.08 Å². The number of anilines is 1. The first kappa shape index (κ1) is 9.84. The SMILES string of the molecule is C=C1C=Cc2cc(OCC)ccc2N1C. The zero-order chi connectivity index (χ0) is 10.8. The summed E-state index contributed by atoms with van der Waals surface area (Å²) in [5, 5.41) is 0. The van der Waals surface area contributed by atoms with Gasteiger partial charge < -0.3 is 9.64 Å². The van der Waals surface area contributed by atoms with Gasteiger partial charge in [-0.25, -0.2) is 0 Å². The van der Waals surface area contributed by atoms with E-state index in [4.69, 9.17) is 4.74 Å². The van der Waals surface area contributed by atoms with E-state index in [1.807, 2.05) is 26.1 Å². The van der Waals surface area contributed by atoms with Gasteiger partial charge in [-0.2, -0.15) is 0 Å². The number of rotatable bonds is 2. The first-order valence-corrected chi connectivity index (χ1v) is 5.10. The number of allylic oxidation sites excluding steroid dienone is 1. The molecule has 0 aliphatic carbocycles. The largest absolute Gasteiger partial charge is 0.494 e. The molecule has 1 aromatic carbocycles. The van der Waals surface area contributed by atoms with Gasteiger partial charge in [0.05, 0.1) is 6.61 Å². The van der Waals surface area contributed by atoms with Gasteiger partial charge in [0.25, 0.3) is 0 Å². The standard InChI is InChI=1S/C13H15NO/c1-4-15-12-7-8-13-11(9-12)6-5-10(2)14(13)3/h5-9H,2,4H2,1,3H3. The van der Waals surface area contributed by atoms with Gasteiger partial charge >= 0.3 is 0 Å². The minimum Gasteiger partial charge on any atom is -0.494 e. The second kappa shape index (κ2) is 3.81. The van der Waals surface area contributed by atoms with E-state index in [1.54, 1.807) is 0 Å². The highest BCUT2D eigenvalue weighted by molar-refractivity contribution is 5.76. The Morgan fingerprint density at radius 2 is 2.13 bits per heavy atom. The summed E-state index contributed by atoms with van der Waals surface area (Å²) in [6.45, 7) is 6.65. The Morgan fingerprint density at radius 3 is 2.87 bits per heavy atom. The normalized spacial score (nSPS) is 14.0. The summed E-state index contributed by atoms with van der Waals surface area (Å²) >= 11 is 0. The molecule has 15 heavy (non-hydrogen) atoms. The fourth-order valence-corrected chi connectivity index (χ4v) is 1.68. The predicted octanol–water partition coefficient (Wildman–Crippen LogP) is 3.06. The minimum atomic E-state index is 0.699. The zero-order valence-corrected chi connectivity index (χ0v) is 9.16. The summed E-state index contributed by atoms with van der Waals surface area (Å²) in [7, 11) is 2.02. The molecule has 0 saturated carbocycles. The van der Waals surface area contributed by atoms with Crippen LogP contribution in [0.4, 0.5) is 5.69 Å². The van der Waals surface area contributed by atoms with E-state index in [1.165, 1.54) is 11.3 Å². The van der Waals surface area contributed by atoms with E-state index >= 15 is 0 Å². The molecule has 2 rings (SSSR count). The summed E-state index contributed by atoms with van der Waals surface area (Å²) in [4.78, 5) is 2.07. The zero-order valence-electron chi connectivity index (χ0n) is 9.16. The first-order chi connectivity index (χ1) is 7.22. The molecule has 78 valence electrons. The van der Waals surface area contributed by atoms with Crippen molar-refractivity contribution in [3.63, 3.8) is 0 Å². The fourth-order valence-electron chi connectivity index (χ4n) is 1.68. The predicted molar refractivity (Wildman–Crippen MR) is 64.2 cm³/mol. The van der Waals surface area contributed by atoms with Gasteiger partial charge in [0.1, 0.15) is 5.75 Å². The van der Waals surface area contributed by atoms with Crippen LogP contribution in [0.2, 0.25) is 0 Å². The smallest absolute Gasteiger partial charge is 0.120 e. The molecule has 1 aliphatic rings. The number of ether oxygens (including phenoxy) is 1. The molecule has 0 N–H and O–H groups in total. The molecule has 0 unspecified atom stereocenters. The first-order valence-electron chi connectivity index (χ1n) is 5.10. The minimum absolute atomic E-state index is 0.699. The van der Waals surface area contributed by atoms with Crippen LogP contribution in [0.5, 0.6) is 5.75 Å². The molecular weight excluding hydrogens is 186 g/mol. The lowest BCUT2D eigenvalue weighted by atomic mass is 10.1.